The summed E-state index contributed by atoms with van der Waals surface area (Å²) >= 11 is 6.38. The number of anilines is 1. The van der Waals surface area contributed by atoms with Crippen molar-refractivity contribution in [1.82, 2.24) is 19.8 Å². The topological polar surface area (TPSA) is 85.6 Å². The number of nitrogens with zero attached hydrogens (tertiary/aromatic N) is 6. The van der Waals surface area contributed by atoms with Gasteiger partial charge in [-0.1, -0.05) is 42.4 Å². The number of ether oxygens (including phenoxy) is 1. The van der Waals surface area contributed by atoms with E-state index in [-0.39, 0.29) is 48.1 Å². The maximum Gasteiger partial charge on any atom is 0.319 e. The molecular weight excluding hydrogens is 605 g/mol. The van der Waals surface area contributed by atoms with Gasteiger partial charge in [0.15, 0.2) is 0 Å². The van der Waals surface area contributed by atoms with Crippen LogP contribution in [0.5, 0.6) is 6.01 Å². The first-order valence-corrected chi connectivity index (χ1v) is 15.0. The number of carbonyl (C=O) groups excluding carboxylic acids is 1. The molecule has 2 saturated heterocycles. The van der Waals surface area contributed by atoms with Crippen molar-refractivity contribution < 1.29 is 22.7 Å². The molecule has 3 atom stereocenters. The fourth-order valence-electron chi connectivity index (χ4n) is 6.27. The summed E-state index contributed by atoms with van der Waals surface area (Å²) in [7, 11) is 1.83. The number of hydrogen-bond acceptors (Lipinski definition) is 7. The summed E-state index contributed by atoms with van der Waals surface area (Å²) in [4.78, 5) is 27.1. The minimum absolute atomic E-state index is 0.0224. The molecule has 6 rings (SSSR count). The third-order valence-electron chi connectivity index (χ3n) is 8.58. The van der Waals surface area contributed by atoms with E-state index in [0.29, 0.717) is 59.1 Å². The van der Waals surface area contributed by atoms with Gasteiger partial charge in [-0.15, -0.1) is 0 Å². The van der Waals surface area contributed by atoms with Crippen molar-refractivity contribution in [2.45, 2.75) is 31.1 Å². The maximum atomic E-state index is 16.1. The predicted octanol–water partition coefficient (Wildman–Crippen LogP) is 5.92. The largest absolute Gasteiger partial charge is 0.462 e. The molecule has 45 heavy (non-hydrogen) atoms. The van der Waals surface area contributed by atoms with Gasteiger partial charge in [0.25, 0.3) is 0 Å². The molecule has 0 radical (unpaired) electrons. The molecule has 2 fully saturated rings. The molecule has 4 aromatic rings. The number of nitriles is 1. The summed E-state index contributed by atoms with van der Waals surface area (Å²) in [5.74, 6) is -1.12. The van der Waals surface area contributed by atoms with E-state index in [0.717, 1.165) is 0 Å². The van der Waals surface area contributed by atoms with Crippen molar-refractivity contribution in [2.75, 3.05) is 44.7 Å². The molecule has 0 aliphatic carbocycles. The number of likely N-dealkylation sites (tertiary alicyclic amines) is 1. The Labute approximate surface area is 263 Å². The van der Waals surface area contributed by atoms with Crippen LogP contribution in [-0.4, -0.2) is 83.8 Å². The second-order valence-electron chi connectivity index (χ2n) is 11.4. The van der Waals surface area contributed by atoms with Gasteiger partial charge in [-0.2, -0.15) is 15.2 Å². The van der Waals surface area contributed by atoms with E-state index in [1.54, 1.807) is 35.2 Å². The zero-order valence-electron chi connectivity index (χ0n) is 24.5. The van der Waals surface area contributed by atoms with Crippen LogP contribution in [0.1, 0.15) is 12.8 Å². The van der Waals surface area contributed by atoms with Crippen LogP contribution in [0.4, 0.5) is 19.0 Å². The van der Waals surface area contributed by atoms with Gasteiger partial charge in [0.2, 0.25) is 5.91 Å². The van der Waals surface area contributed by atoms with E-state index in [9.17, 15) is 18.8 Å². The van der Waals surface area contributed by atoms with Crippen molar-refractivity contribution >= 4 is 45.0 Å². The minimum Gasteiger partial charge on any atom is -0.462 e. The highest BCUT2D eigenvalue weighted by atomic mass is 35.5. The van der Waals surface area contributed by atoms with E-state index in [1.807, 2.05) is 16.8 Å². The molecule has 12 heteroatoms. The number of benzene rings is 3. The molecule has 2 aliphatic heterocycles. The first-order chi connectivity index (χ1) is 21.7. The fourth-order valence-corrected chi connectivity index (χ4v) is 6.54. The summed E-state index contributed by atoms with van der Waals surface area (Å²) in [6.45, 7) is 4.93. The molecule has 0 bridgehead atoms. The van der Waals surface area contributed by atoms with Crippen LogP contribution in [0.25, 0.3) is 32.8 Å². The van der Waals surface area contributed by atoms with E-state index in [2.05, 4.69) is 22.6 Å². The maximum absolute atomic E-state index is 16.1. The van der Waals surface area contributed by atoms with Gasteiger partial charge < -0.3 is 14.5 Å². The molecule has 232 valence electrons. The number of piperazine rings is 1. The average Bonchev–Trinajstić information content (AvgIpc) is 3.36. The van der Waals surface area contributed by atoms with Crippen LogP contribution in [-0.2, 0) is 4.79 Å². The fraction of sp³-hybridized carbons (Fsp3) is 0.333. The number of aromatic nitrogens is 2. The molecule has 0 spiro atoms. The third kappa shape index (κ3) is 5.88. The molecular formula is C33H30ClF3N6O2. The van der Waals surface area contributed by atoms with Crippen molar-refractivity contribution in [2.24, 2.45) is 0 Å². The van der Waals surface area contributed by atoms with Gasteiger partial charge in [-0.05, 0) is 48.7 Å². The minimum atomic E-state index is -0.953. The highest BCUT2D eigenvalue weighted by Crippen LogP contribution is 2.39. The molecule has 1 aromatic heterocycles. The lowest BCUT2D eigenvalue weighted by Crippen LogP contribution is -2.55. The average molecular weight is 635 g/mol. The lowest BCUT2D eigenvalue weighted by Gasteiger charge is -2.41. The van der Waals surface area contributed by atoms with Crippen LogP contribution >= 0.6 is 11.6 Å². The Morgan fingerprint density at radius 2 is 1.96 bits per heavy atom. The third-order valence-corrected chi connectivity index (χ3v) is 8.95. The Kier molecular flexibility index (Phi) is 8.53. The number of carbonyl (C=O) groups is 1. The first-order valence-electron chi connectivity index (χ1n) is 14.6. The Bertz CT molecular complexity index is 1850. The van der Waals surface area contributed by atoms with E-state index in [1.165, 1.54) is 18.2 Å². The SMILES string of the molecule is C=CC(=O)N1CCN(c2nc(OC[C@@H]3C[C@@H](F)CN3C)nc3cc(-c4cccc5ccc(F)c(Cl)c45)c(F)cc23)C[C@@H]1CC#N. The summed E-state index contributed by atoms with van der Waals surface area (Å²) < 4.78 is 50.6. The van der Waals surface area contributed by atoms with Crippen LogP contribution < -0.4 is 9.64 Å². The van der Waals surface area contributed by atoms with Crippen LogP contribution in [0.3, 0.4) is 0 Å². The first kappa shape index (κ1) is 30.6. The molecule has 0 unspecified atom stereocenters. The van der Waals surface area contributed by atoms with Gasteiger partial charge >= 0.3 is 6.01 Å². The second-order valence-corrected chi connectivity index (χ2v) is 11.8. The summed E-state index contributed by atoms with van der Waals surface area (Å²) in [6, 6.07) is 12.5. The highest BCUT2D eigenvalue weighted by molar-refractivity contribution is 6.37. The zero-order valence-corrected chi connectivity index (χ0v) is 25.3. The van der Waals surface area contributed by atoms with Gasteiger partial charge in [0.1, 0.15) is 30.2 Å². The number of likely N-dealkylation sites (N-methyl/N-ethyl adjacent to an activating group) is 1. The van der Waals surface area contributed by atoms with Crippen LogP contribution in [0.2, 0.25) is 5.02 Å². The summed E-state index contributed by atoms with van der Waals surface area (Å²) in [5.41, 5.74) is 0.919. The van der Waals surface area contributed by atoms with Crippen molar-refractivity contribution in [3.8, 4) is 23.2 Å². The predicted molar refractivity (Wildman–Crippen MR) is 167 cm³/mol. The Morgan fingerprint density at radius 1 is 1.13 bits per heavy atom. The standard InChI is InChI=1S/C33H30ClF3N6O2/c1-3-29(44)43-12-11-42(17-21(43)9-10-38)32-25-14-27(37)24(23-6-4-5-19-7-8-26(36)31(34)30(19)23)15-28(25)39-33(40-32)45-18-22-13-20(35)16-41(22)2/h3-8,14-15,20-22H,1,9,11-13,16-18H2,2H3/t20-,21+,22+/m1/s1. The van der Waals surface area contributed by atoms with E-state index >= 15 is 4.39 Å². The Balaban J connectivity index is 1.46. The van der Waals surface area contributed by atoms with Gasteiger partial charge in [0, 0.05) is 48.6 Å². The normalized spacial score (nSPS) is 20.5. The van der Waals surface area contributed by atoms with Gasteiger partial charge in [-0.25, -0.2) is 13.2 Å². The highest BCUT2D eigenvalue weighted by Gasteiger charge is 2.33. The van der Waals surface area contributed by atoms with E-state index < -0.39 is 23.8 Å². The van der Waals surface area contributed by atoms with Crippen molar-refractivity contribution in [3.05, 3.63) is 71.8 Å². The molecule has 3 heterocycles. The van der Waals surface area contributed by atoms with Gasteiger partial charge in [-0.3, -0.25) is 9.69 Å². The van der Waals surface area contributed by atoms with Gasteiger partial charge in [0.05, 0.1) is 29.1 Å². The number of alkyl halides is 1. The van der Waals surface area contributed by atoms with Crippen molar-refractivity contribution in [3.63, 3.8) is 0 Å². The lowest BCUT2D eigenvalue weighted by molar-refractivity contribution is -0.128. The molecule has 1 amide bonds. The smallest absolute Gasteiger partial charge is 0.319 e. The summed E-state index contributed by atoms with van der Waals surface area (Å²) in [5, 5.41) is 10.8. The monoisotopic (exact) mass is 634 g/mol. The Hall–Kier alpha value is -4.40. The quantitative estimate of drug-likeness (QED) is 0.233. The number of rotatable bonds is 7. The lowest BCUT2D eigenvalue weighted by atomic mass is 9.96. The van der Waals surface area contributed by atoms with Crippen LogP contribution in [0.15, 0.2) is 55.1 Å². The van der Waals surface area contributed by atoms with Crippen LogP contribution in [0, 0.1) is 23.0 Å². The molecule has 2 aliphatic rings. The van der Waals surface area contributed by atoms with E-state index in [4.69, 9.17) is 16.3 Å². The van der Waals surface area contributed by atoms with Crippen molar-refractivity contribution in [1.29, 1.82) is 5.26 Å². The molecule has 0 saturated carbocycles. The number of fused-ring (bicyclic) bond motifs is 2. The Morgan fingerprint density at radius 3 is 2.69 bits per heavy atom. The zero-order chi connectivity index (χ0) is 31.8. The molecule has 0 N–H and O–H groups in total. The number of hydrogen-bond donors (Lipinski definition) is 0. The second kappa shape index (κ2) is 12.5. The number of halogens is 4. The summed E-state index contributed by atoms with van der Waals surface area (Å²) in [6.07, 6.45) is 0.666. The molecule has 8 nitrogen and oxygen atoms in total. The molecule has 3 aromatic carbocycles. The number of amides is 1.